The third kappa shape index (κ3) is 3.76. The molecule has 4 rings (SSSR count). The van der Waals surface area contributed by atoms with E-state index < -0.39 is 0 Å². The Morgan fingerprint density at radius 1 is 0.769 bits per heavy atom. The van der Waals surface area contributed by atoms with Crippen LogP contribution in [0.2, 0.25) is 0 Å². The van der Waals surface area contributed by atoms with Crippen LogP contribution in [0.25, 0.3) is 0 Å². The van der Waals surface area contributed by atoms with E-state index in [2.05, 4.69) is 58.0 Å². The van der Waals surface area contributed by atoms with Gasteiger partial charge in [-0.15, -0.1) is 0 Å². The van der Waals surface area contributed by atoms with Crippen molar-refractivity contribution in [2.24, 2.45) is 5.92 Å². The maximum absolute atomic E-state index is 4.73. The van der Waals surface area contributed by atoms with Crippen LogP contribution in [0.5, 0.6) is 0 Å². The lowest BCUT2D eigenvalue weighted by atomic mass is 9.99. The second kappa shape index (κ2) is 7.52. The van der Waals surface area contributed by atoms with Gasteiger partial charge in [0.2, 0.25) is 0 Å². The van der Waals surface area contributed by atoms with Gasteiger partial charge in [-0.2, -0.15) is 0 Å². The molecule has 2 fully saturated rings. The molecule has 0 bridgehead atoms. The van der Waals surface area contributed by atoms with E-state index in [1.165, 1.54) is 18.5 Å². The Bertz CT molecular complexity index is 716. The van der Waals surface area contributed by atoms with Crippen LogP contribution in [0.15, 0.2) is 36.4 Å². The summed E-state index contributed by atoms with van der Waals surface area (Å²) in [4.78, 5) is 16.7. The fourth-order valence-corrected chi connectivity index (χ4v) is 3.93. The number of benzene rings is 1. The van der Waals surface area contributed by atoms with Crippen LogP contribution in [0.3, 0.4) is 0 Å². The van der Waals surface area contributed by atoms with Gasteiger partial charge >= 0.3 is 0 Å². The molecule has 2 saturated heterocycles. The second-order valence-electron chi connectivity index (χ2n) is 7.61. The molecule has 0 spiro atoms. The number of piperidine rings is 1. The third-order valence-electron chi connectivity index (χ3n) is 5.64. The molecule has 1 aromatic carbocycles. The van der Waals surface area contributed by atoms with Crippen LogP contribution < -0.4 is 14.7 Å². The van der Waals surface area contributed by atoms with Gasteiger partial charge < -0.3 is 14.7 Å². The summed E-state index contributed by atoms with van der Waals surface area (Å²) in [5.74, 6) is 3.89. The van der Waals surface area contributed by atoms with Crippen molar-refractivity contribution in [2.45, 2.75) is 26.7 Å². The molecule has 2 aliphatic heterocycles. The van der Waals surface area contributed by atoms with Gasteiger partial charge in [0.1, 0.15) is 17.5 Å². The SMILES string of the molecule is Cc1nc(N2CCC(C)CC2)cc(N2CCN(c3ccccc3)CC2)n1. The van der Waals surface area contributed by atoms with Crippen LogP contribution in [-0.4, -0.2) is 49.2 Å². The van der Waals surface area contributed by atoms with Crippen molar-refractivity contribution in [3.63, 3.8) is 0 Å². The highest BCUT2D eigenvalue weighted by atomic mass is 15.3. The number of piperazine rings is 1. The Morgan fingerprint density at radius 2 is 1.31 bits per heavy atom. The average molecular weight is 351 g/mol. The number of anilines is 3. The summed E-state index contributed by atoms with van der Waals surface area (Å²) in [5, 5.41) is 0. The van der Waals surface area contributed by atoms with Crippen molar-refractivity contribution in [1.82, 2.24) is 9.97 Å². The number of aromatic nitrogens is 2. The highest BCUT2D eigenvalue weighted by Crippen LogP contribution is 2.25. The molecule has 0 atom stereocenters. The maximum atomic E-state index is 4.73. The van der Waals surface area contributed by atoms with E-state index in [9.17, 15) is 0 Å². The normalized spacial score (nSPS) is 19.1. The summed E-state index contributed by atoms with van der Waals surface area (Å²) in [7, 11) is 0. The molecule has 5 nitrogen and oxygen atoms in total. The first-order valence-electron chi connectivity index (χ1n) is 9.84. The van der Waals surface area contributed by atoms with E-state index in [1.54, 1.807) is 0 Å². The van der Waals surface area contributed by atoms with E-state index in [1.807, 2.05) is 6.92 Å². The Labute approximate surface area is 156 Å². The molecule has 1 aromatic heterocycles. The molecule has 3 heterocycles. The second-order valence-corrected chi connectivity index (χ2v) is 7.61. The van der Waals surface area contributed by atoms with E-state index in [0.29, 0.717) is 0 Å². The standard InChI is InChI=1S/C21H29N5/c1-17-8-10-25(11-9-17)20-16-21(23-18(2)22-20)26-14-12-24(13-15-26)19-6-4-3-5-7-19/h3-7,16-17H,8-15H2,1-2H3. The van der Waals surface area contributed by atoms with Gasteiger partial charge in [-0.05, 0) is 37.8 Å². The van der Waals surface area contributed by atoms with Gasteiger partial charge in [0.15, 0.2) is 0 Å². The molecule has 2 aliphatic rings. The summed E-state index contributed by atoms with van der Waals surface area (Å²) in [6, 6.07) is 12.9. The summed E-state index contributed by atoms with van der Waals surface area (Å²) >= 11 is 0. The summed E-state index contributed by atoms with van der Waals surface area (Å²) < 4.78 is 0. The first-order valence-corrected chi connectivity index (χ1v) is 9.84. The minimum absolute atomic E-state index is 0.833. The fraction of sp³-hybridized carbons (Fsp3) is 0.524. The zero-order valence-corrected chi connectivity index (χ0v) is 15.9. The van der Waals surface area contributed by atoms with Crippen molar-refractivity contribution in [3.05, 3.63) is 42.2 Å². The molecule has 0 N–H and O–H groups in total. The summed E-state index contributed by atoms with van der Waals surface area (Å²) in [6.45, 7) is 10.6. The molecule has 0 radical (unpaired) electrons. The summed E-state index contributed by atoms with van der Waals surface area (Å²) in [6.07, 6.45) is 2.52. The van der Waals surface area contributed by atoms with Gasteiger partial charge in [0.05, 0.1) is 0 Å². The first kappa shape index (κ1) is 17.1. The molecular formula is C21H29N5. The number of rotatable bonds is 3. The van der Waals surface area contributed by atoms with E-state index in [0.717, 1.165) is 62.6 Å². The fourth-order valence-electron chi connectivity index (χ4n) is 3.93. The molecule has 2 aromatic rings. The van der Waals surface area contributed by atoms with Gasteiger partial charge in [0.25, 0.3) is 0 Å². The average Bonchev–Trinajstić information content (AvgIpc) is 2.69. The Kier molecular flexibility index (Phi) is 4.96. The lowest BCUT2D eigenvalue weighted by Crippen LogP contribution is -2.47. The molecular weight excluding hydrogens is 322 g/mol. The number of hydrogen-bond donors (Lipinski definition) is 0. The van der Waals surface area contributed by atoms with Gasteiger partial charge in [-0.1, -0.05) is 25.1 Å². The molecule has 0 amide bonds. The number of hydrogen-bond acceptors (Lipinski definition) is 5. The van der Waals surface area contributed by atoms with Gasteiger partial charge in [-0.25, -0.2) is 9.97 Å². The monoisotopic (exact) mass is 351 g/mol. The molecule has 0 saturated carbocycles. The van der Waals surface area contributed by atoms with E-state index in [4.69, 9.17) is 9.97 Å². The molecule has 0 unspecified atom stereocenters. The highest BCUT2D eigenvalue weighted by Gasteiger charge is 2.22. The zero-order chi connectivity index (χ0) is 17.9. The molecule has 26 heavy (non-hydrogen) atoms. The van der Waals surface area contributed by atoms with Crippen LogP contribution in [-0.2, 0) is 0 Å². The Hall–Kier alpha value is -2.30. The largest absolute Gasteiger partial charge is 0.368 e. The number of para-hydroxylation sites is 1. The van der Waals surface area contributed by atoms with E-state index >= 15 is 0 Å². The van der Waals surface area contributed by atoms with Crippen LogP contribution >= 0.6 is 0 Å². The number of aryl methyl sites for hydroxylation is 1. The van der Waals surface area contributed by atoms with Crippen molar-refractivity contribution < 1.29 is 0 Å². The van der Waals surface area contributed by atoms with E-state index in [-0.39, 0.29) is 0 Å². The third-order valence-corrected chi connectivity index (χ3v) is 5.64. The van der Waals surface area contributed by atoms with Crippen molar-refractivity contribution in [3.8, 4) is 0 Å². The van der Waals surface area contributed by atoms with Crippen LogP contribution in [0, 0.1) is 12.8 Å². The Morgan fingerprint density at radius 3 is 1.92 bits per heavy atom. The molecule has 138 valence electrons. The maximum Gasteiger partial charge on any atom is 0.134 e. The van der Waals surface area contributed by atoms with Crippen molar-refractivity contribution >= 4 is 17.3 Å². The zero-order valence-electron chi connectivity index (χ0n) is 15.9. The Balaban J connectivity index is 1.45. The number of nitrogens with zero attached hydrogens (tertiary/aromatic N) is 5. The lowest BCUT2D eigenvalue weighted by molar-refractivity contribution is 0.436. The predicted molar refractivity (Wildman–Crippen MR) is 108 cm³/mol. The highest BCUT2D eigenvalue weighted by molar-refractivity contribution is 5.53. The minimum atomic E-state index is 0.833. The van der Waals surface area contributed by atoms with Crippen LogP contribution in [0.4, 0.5) is 17.3 Å². The predicted octanol–water partition coefficient (Wildman–Crippen LogP) is 3.35. The minimum Gasteiger partial charge on any atom is -0.368 e. The van der Waals surface area contributed by atoms with Crippen LogP contribution in [0.1, 0.15) is 25.6 Å². The van der Waals surface area contributed by atoms with Crippen molar-refractivity contribution in [1.29, 1.82) is 0 Å². The van der Waals surface area contributed by atoms with Crippen molar-refractivity contribution in [2.75, 3.05) is 54.0 Å². The smallest absolute Gasteiger partial charge is 0.134 e. The quantitative estimate of drug-likeness (QED) is 0.847. The summed E-state index contributed by atoms with van der Waals surface area (Å²) in [5.41, 5.74) is 1.31. The van der Waals surface area contributed by atoms with Gasteiger partial charge in [0, 0.05) is 51.0 Å². The topological polar surface area (TPSA) is 35.5 Å². The molecule has 0 aliphatic carbocycles. The first-order chi connectivity index (χ1) is 12.7. The van der Waals surface area contributed by atoms with Gasteiger partial charge in [-0.3, -0.25) is 0 Å². The molecule has 5 heteroatoms. The lowest BCUT2D eigenvalue weighted by Gasteiger charge is -2.37.